The molecule has 5 nitrogen and oxygen atoms in total. The quantitative estimate of drug-likeness (QED) is 0.887. The fourth-order valence-corrected chi connectivity index (χ4v) is 4.61. The van der Waals surface area contributed by atoms with Crippen LogP contribution in [-0.2, 0) is 10.0 Å². The van der Waals surface area contributed by atoms with Crippen molar-refractivity contribution < 1.29 is 18.3 Å². The number of carboxylic acid groups (broad SMARTS) is 1. The summed E-state index contributed by atoms with van der Waals surface area (Å²) in [7, 11) is -3.69. The molecule has 0 aliphatic heterocycles. The van der Waals surface area contributed by atoms with E-state index in [4.69, 9.17) is 5.11 Å². The standard InChI is InChI=1S/C11H11NO4S3/c1-7(8-4-5-17-6-8)12-19(15,16)10-3-2-9(18-10)11(13)14/h2-7,12H,1H3,(H,13,14). The van der Waals surface area contributed by atoms with Crippen LogP contribution in [0.25, 0.3) is 0 Å². The summed E-state index contributed by atoms with van der Waals surface area (Å²) in [6.07, 6.45) is 0. The molecule has 2 heterocycles. The van der Waals surface area contributed by atoms with Gasteiger partial charge in [0.05, 0.1) is 0 Å². The van der Waals surface area contributed by atoms with E-state index in [2.05, 4.69) is 4.72 Å². The van der Waals surface area contributed by atoms with Crippen LogP contribution < -0.4 is 4.72 Å². The van der Waals surface area contributed by atoms with E-state index >= 15 is 0 Å². The molecule has 0 aromatic carbocycles. The van der Waals surface area contributed by atoms with Crippen molar-refractivity contribution in [1.29, 1.82) is 0 Å². The van der Waals surface area contributed by atoms with Gasteiger partial charge in [0, 0.05) is 6.04 Å². The average Bonchev–Trinajstić information content (AvgIpc) is 3.00. The van der Waals surface area contributed by atoms with E-state index in [-0.39, 0.29) is 15.1 Å². The number of sulfonamides is 1. The van der Waals surface area contributed by atoms with Crippen molar-refractivity contribution in [2.45, 2.75) is 17.2 Å². The Balaban J connectivity index is 2.20. The number of nitrogens with one attached hydrogen (secondary N) is 1. The number of thiophene rings is 2. The third kappa shape index (κ3) is 3.21. The van der Waals surface area contributed by atoms with E-state index in [1.165, 1.54) is 23.5 Å². The molecule has 0 saturated heterocycles. The Morgan fingerprint density at radius 2 is 2.11 bits per heavy atom. The van der Waals surface area contributed by atoms with Gasteiger partial charge >= 0.3 is 5.97 Å². The molecule has 0 amide bonds. The summed E-state index contributed by atoms with van der Waals surface area (Å²) in [5.41, 5.74) is 0.878. The molecule has 0 aliphatic carbocycles. The molecule has 2 N–H and O–H groups in total. The molecule has 2 aromatic rings. The fourth-order valence-electron chi connectivity index (χ4n) is 1.46. The Hall–Kier alpha value is -1.22. The third-order valence-corrected chi connectivity index (χ3v) is 6.24. The highest BCUT2D eigenvalue weighted by Gasteiger charge is 2.21. The minimum Gasteiger partial charge on any atom is -0.477 e. The fraction of sp³-hybridized carbons (Fsp3) is 0.182. The first kappa shape index (κ1) is 14.2. The number of hydrogen-bond donors (Lipinski definition) is 2. The van der Waals surface area contributed by atoms with E-state index in [1.54, 1.807) is 6.92 Å². The van der Waals surface area contributed by atoms with Gasteiger partial charge in [-0.05, 0) is 41.4 Å². The Morgan fingerprint density at radius 1 is 1.37 bits per heavy atom. The molecule has 2 aromatic heterocycles. The number of carboxylic acids is 1. The minimum absolute atomic E-state index is 0.00330. The summed E-state index contributed by atoms with van der Waals surface area (Å²) in [6, 6.07) is 4.08. The van der Waals surface area contributed by atoms with Crippen LogP contribution in [-0.4, -0.2) is 19.5 Å². The van der Waals surface area contributed by atoms with E-state index in [0.29, 0.717) is 0 Å². The van der Waals surface area contributed by atoms with E-state index in [9.17, 15) is 13.2 Å². The second-order valence-electron chi connectivity index (χ2n) is 3.82. The summed E-state index contributed by atoms with van der Waals surface area (Å²) in [4.78, 5) is 10.8. The van der Waals surface area contributed by atoms with Gasteiger partial charge in [0.2, 0.25) is 0 Å². The highest BCUT2D eigenvalue weighted by Crippen LogP contribution is 2.24. The zero-order valence-corrected chi connectivity index (χ0v) is 12.3. The van der Waals surface area contributed by atoms with E-state index in [0.717, 1.165) is 16.9 Å². The van der Waals surface area contributed by atoms with Crippen molar-refractivity contribution in [3.05, 3.63) is 39.4 Å². The summed E-state index contributed by atoms with van der Waals surface area (Å²) in [6.45, 7) is 1.74. The molecule has 0 bridgehead atoms. The Kier molecular flexibility index (Phi) is 4.04. The number of hydrogen-bond acceptors (Lipinski definition) is 5. The van der Waals surface area contributed by atoms with Crippen LogP contribution >= 0.6 is 22.7 Å². The monoisotopic (exact) mass is 317 g/mol. The van der Waals surface area contributed by atoms with Crippen molar-refractivity contribution >= 4 is 38.7 Å². The maximum absolute atomic E-state index is 12.1. The maximum atomic E-state index is 12.1. The molecular formula is C11H11NO4S3. The van der Waals surface area contributed by atoms with Gasteiger partial charge in [-0.25, -0.2) is 17.9 Å². The lowest BCUT2D eigenvalue weighted by molar-refractivity contribution is 0.0702. The van der Waals surface area contributed by atoms with Gasteiger partial charge in [0.15, 0.2) is 0 Å². The van der Waals surface area contributed by atoms with Gasteiger partial charge in [-0.1, -0.05) is 0 Å². The summed E-state index contributed by atoms with van der Waals surface area (Å²) in [5, 5.41) is 12.5. The number of aromatic carboxylic acids is 1. The van der Waals surface area contributed by atoms with Gasteiger partial charge in [-0.15, -0.1) is 11.3 Å². The van der Waals surface area contributed by atoms with E-state index < -0.39 is 16.0 Å². The first-order valence-corrected chi connectivity index (χ1v) is 8.52. The van der Waals surface area contributed by atoms with Crippen LogP contribution in [0.1, 0.15) is 28.2 Å². The summed E-state index contributed by atoms with van der Waals surface area (Å²) in [5.74, 6) is -1.13. The molecule has 0 saturated carbocycles. The molecule has 2 rings (SSSR count). The first-order chi connectivity index (χ1) is 8.90. The molecule has 1 atom stereocenters. The van der Waals surface area contributed by atoms with Crippen molar-refractivity contribution in [2.75, 3.05) is 0 Å². The topological polar surface area (TPSA) is 83.5 Å². The predicted molar refractivity (Wildman–Crippen MR) is 74.3 cm³/mol. The van der Waals surface area contributed by atoms with Gasteiger partial charge < -0.3 is 5.11 Å². The van der Waals surface area contributed by atoms with Gasteiger partial charge in [0.25, 0.3) is 10.0 Å². The second-order valence-corrected chi connectivity index (χ2v) is 7.63. The molecule has 1 unspecified atom stereocenters. The average molecular weight is 317 g/mol. The summed E-state index contributed by atoms with van der Waals surface area (Å²) >= 11 is 2.23. The maximum Gasteiger partial charge on any atom is 0.345 e. The normalized spacial score (nSPS) is 13.3. The van der Waals surface area contributed by atoms with Crippen molar-refractivity contribution in [1.82, 2.24) is 4.72 Å². The lowest BCUT2D eigenvalue weighted by Crippen LogP contribution is -2.25. The zero-order chi connectivity index (χ0) is 14.0. The Labute approximate surface area is 118 Å². The molecule has 0 fully saturated rings. The Bertz CT molecular complexity index is 673. The van der Waals surface area contributed by atoms with Crippen LogP contribution in [0.15, 0.2) is 33.2 Å². The SMILES string of the molecule is CC(NS(=O)(=O)c1ccc(C(=O)O)s1)c1ccsc1. The molecular weight excluding hydrogens is 306 g/mol. The lowest BCUT2D eigenvalue weighted by Gasteiger charge is -2.11. The second kappa shape index (κ2) is 5.41. The molecule has 19 heavy (non-hydrogen) atoms. The number of rotatable bonds is 5. The third-order valence-electron chi connectivity index (χ3n) is 2.43. The van der Waals surface area contributed by atoms with Crippen LogP contribution in [0.2, 0.25) is 0 Å². The van der Waals surface area contributed by atoms with Crippen molar-refractivity contribution in [3.63, 3.8) is 0 Å². The van der Waals surface area contributed by atoms with Crippen LogP contribution in [0.4, 0.5) is 0 Å². The molecule has 102 valence electrons. The minimum atomic E-state index is -3.69. The van der Waals surface area contributed by atoms with Crippen LogP contribution in [0.5, 0.6) is 0 Å². The van der Waals surface area contributed by atoms with Gasteiger partial charge in [0.1, 0.15) is 9.09 Å². The molecule has 0 radical (unpaired) electrons. The zero-order valence-electron chi connectivity index (χ0n) is 9.86. The lowest BCUT2D eigenvalue weighted by atomic mass is 10.2. The predicted octanol–water partition coefficient (Wildman–Crippen LogP) is 2.55. The number of carbonyl (C=O) groups is 1. The largest absolute Gasteiger partial charge is 0.477 e. The van der Waals surface area contributed by atoms with Crippen LogP contribution in [0.3, 0.4) is 0 Å². The highest BCUT2D eigenvalue weighted by molar-refractivity contribution is 7.91. The van der Waals surface area contributed by atoms with Gasteiger partial charge in [-0.3, -0.25) is 0 Å². The van der Waals surface area contributed by atoms with E-state index in [1.807, 2.05) is 16.8 Å². The molecule has 0 spiro atoms. The van der Waals surface area contributed by atoms with Crippen LogP contribution in [0, 0.1) is 0 Å². The Morgan fingerprint density at radius 3 is 2.63 bits per heavy atom. The first-order valence-electron chi connectivity index (χ1n) is 5.28. The smallest absolute Gasteiger partial charge is 0.345 e. The molecule has 8 heteroatoms. The van der Waals surface area contributed by atoms with Gasteiger partial charge in [-0.2, -0.15) is 11.3 Å². The highest BCUT2D eigenvalue weighted by atomic mass is 32.2. The molecule has 0 aliphatic rings. The summed E-state index contributed by atoms with van der Waals surface area (Å²) < 4.78 is 26.7. The van der Waals surface area contributed by atoms with Crippen molar-refractivity contribution in [2.24, 2.45) is 0 Å². The van der Waals surface area contributed by atoms with Crippen molar-refractivity contribution in [3.8, 4) is 0 Å².